The van der Waals surface area contributed by atoms with Crippen LogP contribution in [-0.2, 0) is 14.9 Å². The molecule has 1 N–H and O–H groups in total. The van der Waals surface area contributed by atoms with E-state index in [9.17, 15) is 13.2 Å². The highest BCUT2D eigenvalue weighted by Gasteiger charge is 2.10. The first-order valence-electron chi connectivity index (χ1n) is 4.14. The fourth-order valence-corrected chi connectivity index (χ4v) is 1.50. The highest BCUT2D eigenvalue weighted by Crippen LogP contribution is 2.16. The number of hydrogen-bond acceptors (Lipinski definition) is 3. The second-order valence-corrected chi connectivity index (χ2v) is 4.47. The van der Waals surface area contributed by atoms with Crippen LogP contribution in [0.5, 0.6) is 0 Å². The highest BCUT2D eigenvalue weighted by molar-refractivity contribution is 7.85. The van der Waals surface area contributed by atoms with E-state index in [0.717, 1.165) is 0 Å². The Morgan fingerprint density at radius 1 is 1.27 bits per heavy atom. The quantitative estimate of drug-likeness (QED) is 0.765. The summed E-state index contributed by atoms with van der Waals surface area (Å²) < 4.78 is 30.2. The van der Waals surface area contributed by atoms with Crippen molar-refractivity contribution in [2.24, 2.45) is 0 Å². The number of carbonyl (C=O) groups excluding carboxylic acids is 1. The summed E-state index contributed by atoms with van der Waals surface area (Å²) in [4.78, 5) is 12.2. The minimum atomic E-state index is -4.17. The zero-order valence-corrected chi connectivity index (χ0v) is 9.15. The average Bonchev–Trinajstić information content (AvgIpc) is 2.15. The largest absolute Gasteiger partial charge is 0.316 e. The fourth-order valence-electron chi connectivity index (χ4n) is 1.02. The van der Waals surface area contributed by atoms with Crippen LogP contribution < -0.4 is 4.90 Å². The van der Waals surface area contributed by atoms with E-state index in [4.69, 9.17) is 4.55 Å². The van der Waals surface area contributed by atoms with Gasteiger partial charge in [0.1, 0.15) is 0 Å². The van der Waals surface area contributed by atoms with Crippen LogP contribution in [0.2, 0.25) is 0 Å². The number of nitrogens with zero attached hydrogens (tertiary/aromatic N) is 1. The van der Waals surface area contributed by atoms with Gasteiger partial charge >= 0.3 is 0 Å². The molecule has 0 fully saturated rings. The molecule has 0 radical (unpaired) electrons. The molecule has 1 amide bonds. The maximum Gasteiger partial charge on any atom is 0.294 e. The summed E-state index contributed by atoms with van der Waals surface area (Å²) >= 11 is 0. The van der Waals surface area contributed by atoms with Gasteiger partial charge in [0.05, 0.1) is 4.90 Å². The van der Waals surface area contributed by atoms with Gasteiger partial charge in [0.25, 0.3) is 10.1 Å². The van der Waals surface area contributed by atoms with Crippen molar-refractivity contribution in [2.45, 2.75) is 11.8 Å². The van der Waals surface area contributed by atoms with Crippen LogP contribution in [0.25, 0.3) is 0 Å². The predicted octanol–water partition coefficient (Wildman–Crippen LogP) is 0.916. The lowest BCUT2D eigenvalue weighted by molar-refractivity contribution is -0.116. The van der Waals surface area contributed by atoms with E-state index in [0.29, 0.717) is 5.69 Å². The van der Waals surface area contributed by atoms with Gasteiger partial charge in [0.15, 0.2) is 0 Å². The molecular formula is C9H11NO4S. The molecule has 0 aliphatic rings. The van der Waals surface area contributed by atoms with Crippen molar-refractivity contribution < 1.29 is 17.8 Å². The van der Waals surface area contributed by atoms with E-state index in [-0.39, 0.29) is 10.8 Å². The fraction of sp³-hybridized carbons (Fsp3) is 0.222. The average molecular weight is 229 g/mol. The Labute approximate surface area is 88.1 Å². The Hall–Kier alpha value is -1.40. The molecule has 82 valence electrons. The molecule has 0 aromatic heterocycles. The number of hydrogen-bond donors (Lipinski definition) is 1. The zero-order valence-electron chi connectivity index (χ0n) is 8.34. The van der Waals surface area contributed by atoms with E-state index in [1.165, 1.54) is 36.1 Å². The smallest absolute Gasteiger partial charge is 0.294 e. The van der Waals surface area contributed by atoms with Crippen LogP contribution in [0.15, 0.2) is 29.2 Å². The number of amides is 1. The molecule has 15 heavy (non-hydrogen) atoms. The number of carbonyl (C=O) groups is 1. The molecule has 0 saturated carbocycles. The summed E-state index contributed by atoms with van der Waals surface area (Å²) in [7, 11) is -2.59. The SMILES string of the molecule is CC(=O)N(C)c1ccc(S(=O)(=O)O)cc1. The van der Waals surface area contributed by atoms with Gasteiger partial charge in [-0.25, -0.2) is 0 Å². The first kappa shape index (κ1) is 11.7. The van der Waals surface area contributed by atoms with Crippen LogP contribution in [0, 0.1) is 0 Å². The van der Waals surface area contributed by atoms with Crippen LogP contribution in [0.4, 0.5) is 5.69 Å². The number of rotatable bonds is 2. The highest BCUT2D eigenvalue weighted by atomic mass is 32.2. The van der Waals surface area contributed by atoms with Crippen molar-refractivity contribution >= 4 is 21.7 Å². The molecule has 6 heteroatoms. The van der Waals surface area contributed by atoms with Crippen molar-refractivity contribution in [1.82, 2.24) is 0 Å². The molecule has 5 nitrogen and oxygen atoms in total. The molecule has 1 aromatic carbocycles. The number of anilines is 1. The van der Waals surface area contributed by atoms with Crippen molar-refractivity contribution in [1.29, 1.82) is 0 Å². The minimum Gasteiger partial charge on any atom is -0.316 e. The van der Waals surface area contributed by atoms with E-state index in [1.54, 1.807) is 7.05 Å². The molecule has 0 aliphatic heterocycles. The van der Waals surface area contributed by atoms with Crippen LogP contribution in [0.3, 0.4) is 0 Å². The topological polar surface area (TPSA) is 74.7 Å². The van der Waals surface area contributed by atoms with Crippen molar-refractivity contribution in [3.05, 3.63) is 24.3 Å². The standard InChI is InChI=1S/C9H11NO4S/c1-7(11)10(2)8-3-5-9(6-4-8)15(12,13)14/h3-6H,1-2H3,(H,12,13,14). The second-order valence-electron chi connectivity index (χ2n) is 3.05. The lowest BCUT2D eigenvalue weighted by Gasteiger charge is -2.14. The second kappa shape index (κ2) is 4.00. The number of benzene rings is 1. The Bertz CT molecular complexity index is 463. The van der Waals surface area contributed by atoms with Gasteiger partial charge in [0, 0.05) is 19.7 Å². The van der Waals surface area contributed by atoms with Crippen molar-refractivity contribution in [3.8, 4) is 0 Å². The molecule has 0 heterocycles. The Morgan fingerprint density at radius 3 is 2.07 bits per heavy atom. The summed E-state index contributed by atoms with van der Waals surface area (Å²) in [5.74, 6) is -0.158. The maximum absolute atomic E-state index is 11.0. The van der Waals surface area contributed by atoms with Crippen molar-refractivity contribution in [2.75, 3.05) is 11.9 Å². The summed E-state index contributed by atoms with van der Waals surface area (Å²) in [6, 6.07) is 5.38. The Balaban J connectivity index is 3.06. The lowest BCUT2D eigenvalue weighted by atomic mass is 10.3. The van der Waals surface area contributed by atoms with Gasteiger partial charge in [-0.15, -0.1) is 0 Å². The molecule has 0 atom stereocenters. The molecular weight excluding hydrogens is 218 g/mol. The van der Waals surface area contributed by atoms with Gasteiger partial charge < -0.3 is 4.90 Å². The van der Waals surface area contributed by atoms with Gasteiger partial charge in [-0.1, -0.05) is 0 Å². The van der Waals surface area contributed by atoms with Crippen LogP contribution in [-0.4, -0.2) is 25.9 Å². The molecule has 0 spiro atoms. The van der Waals surface area contributed by atoms with Gasteiger partial charge in [-0.05, 0) is 24.3 Å². The Morgan fingerprint density at radius 2 is 1.73 bits per heavy atom. The van der Waals surface area contributed by atoms with E-state index in [2.05, 4.69) is 0 Å². The molecule has 0 aliphatic carbocycles. The van der Waals surface area contributed by atoms with Gasteiger partial charge in [0.2, 0.25) is 5.91 Å². The monoisotopic (exact) mass is 229 g/mol. The van der Waals surface area contributed by atoms with E-state index in [1.807, 2.05) is 0 Å². The summed E-state index contributed by atoms with van der Waals surface area (Å²) in [5.41, 5.74) is 0.565. The predicted molar refractivity (Wildman–Crippen MR) is 55.3 cm³/mol. The Kier molecular flexibility index (Phi) is 3.11. The minimum absolute atomic E-state index is 0.158. The first-order chi connectivity index (χ1) is 6.82. The molecule has 0 unspecified atom stereocenters. The van der Waals surface area contributed by atoms with Gasteiger partial charge in [-0.3, -0.25) is 9.35 Å². The summed E-state index contributed by atoms with van der Waals surface area (Å²) in [5, 5.41) is 0. The molecule has 1 rings (SSSR count). The molecule has 1 aromatic rings. The normalized spacial score (nSPS) is 11.1. The van der Waals surface area contributed by atoms with Crippen molar-refractivity contribution in [3.63, 3.8) is 0 Å². The van der Waals surface area contributed by atoms with Gasteiger partial charge in [-0.2, -0.15) is 8.42 Å². The molecule has 0 bridgehead atoms. The van der Waals surface area contributed by atoms with Crippen LogP contribution >= 0.6 is 0 Å². The summed E-state index contributed by atoms with van der Waals surface area (Å²) in [6.07, 6.45) is 0. The third-order valence-electron chi connectivity index (χ3n) is 1.99. The van der Waals surface area contributed by atoms with Crippen LogP contribution in [0.1, 0.15) is 6.92 Å². The van der Waals surface area contributed by atoms with E-state index < -0.39 is 10.1 Å². The first-order valence-corrected chi connectivity index (χ1v) is 5.58. The molecule has 0 saturated heterocycles. The summed E-state index contributed by atoms with van der Waals surface area (Å²) in [6.45, 7) is 1.40. The lowest BCUT2D eigenvalue weighted by Crippen LogP contribution is -2.22. The van der Waals surface area contributed by atoms with E-state index >= 15 is 0 Å². The third kappa shape index (κ3) is 2.77. The third-order valence-corrected chi connectivity index (χ3v) is 2.86. The zero-order chi connectivity index (χ0) is 11.6. The maximum atomic E-state index is 11.0.